The molecule has 21 heavy (non-hydrogen) atoms. The highest BCUT2D eigenvalue weighted by molar-refractivity contribution is 5.94. The van der Waals surface area contributed by atoms with Crippen molar-refractivity contribution in [2.24, 2.45) is 0 Å². The molecule has 0 spiro atoms. The molecule has 0 saturated carbocycles. The number of hydrogen-bond donors (Lipinski definition) is 0. The molecule has 0 amide bonds. The van der Waals surface area contributed by atoms with Gasteiger partial charge < -0.3 is 9.47 Å². The lowest BCUT2D eigenvalue weighted by molar-refractivity contribution is 0.101. The molecule has 0 atom stereocenters. The minimum absolute atomic E-state index is 0.0349. The maximum atomic E-state index is 13.1. The van der Waals surface area contributed by atoms with Crippen molar-refractivity contribution in [3.8, 4) is 11.5 Å². The second kappa shape index (κ2) is 6.35. The highest BCUT2D eigenvalue weighted by Crippen LogP contribution is 2.23. The molecule has 2 rings (SSSR count). The zero-order chi connectivity index (χ0) is 15.4. The summed E-state index contributed by atoms with van der Waals surface area (Å²) >= 11 is 0. The van der Waals surface area contributed by atoms with Gasteiger partial charge >= 0.3 is 0 Å². The van der Waals surface area contributed by atoms with E-state index in [-0.39, 0.29) is 18.1 Å². The predicted octanol–water partition coefficient (Wildman–Crippen LogP) is 3.76. The van der Waals surface area contributed by atoms with Crippen molar-refractivity contribution in [1.82, 2.24) is 0 Å². The van der Waals surface area contributed by atoms with E-state index in [0.29, 0.717) is 16.9 Å². The van der Waals surface area contributed by atoms with E-state index < -0.39 is 11.6 Å². The molecule has 0 N–H and O–H groups in total. The van der Waals surface area contributed by atoms with Gasteiger partial charge in [-0.1, -0.05) is 0 Å². The van der Waals surface area contributed by atoms with Gasteiger partial charge in [0.1, 0.15) is 29.7 Å². The molecule has 0 aliphatic rings. The zero-order valence-corrected chi connectivity index (χ0v) is 11.7. The van der Waals surface area contributed by atoms with Crippen LogP contribution in [0.15, 0.2) is 36.4 Å². The summed E-state index contributed by atoms with van der Waals surface area (Å²) in [5.41, 5.74) is 1.13. The van der Waals surface area contributed by atoms with Gasteiger partial charge in [-0.3, -0.25) is 4.79 Å². The molecule has 0 aliphatic heterocycles. The molecule has 2 aromatic rings. The number of hydrogen-bond acceptors (Lipinski definition) is 3. The highest BCUT2D eigenvalue weighted by atomic mass is 19.1. The van der Waals surface area contributed by atoms with Crippen molar-refractivity contribution in [2.75, 3.05) is 7.11 Å². The standard InChI is InChI=1S/C16H14F2O3/c1-10(19)11-3-4-16(20-2)12(5-11)9-21-15-7-13(17)6-14(18)8-15/h3-8H,9H2,1-2H3. The second-order valence-electron chi connectivity index (χ2n) is 4.48. The number of benzene rings is 2. The Morgan fingerprint density at radius 3 is 2.33 bits per heavy atom. The molecule has 0 aromatic heterocycles. The van der Waals surface area contributed by atoms with Crippen LogP contribution < -0.4 is 9.47 Å². The summed E-state index contributed by atoms with van der Waals surface area (Å²) in [7, 11) is 1.49. The molecule has 5 heteroatoms. The van der Waals surface area contributed by atoms with E-state index in [9.17, 15) is 13.6 Å². The van der Waals surface area contributed by atoms with E-state index >= 15 is 0 Å². The van der Waals surface area contributed by atoms with Crippen molar-refractivity contribution in [3.63, 3.8) is 0 Å². The molecule has 2 aromatic carbocycles. The first-order valence-corrected chi connectivity index (χ1v) is 6.26. The Morgan fingerprint density at radius 1 is 1.10 bits per heavy atom. The van der Waals surface area contributed by atoms with Crippen molar-refractivity contribution in [3.05, 3.63) is 59.2 Å². The quantitative estimate of drug-likeness (QED) is 0.787. The van der Waals surface area contributed by atoms with E-state index in [1.807, 2.05) is 0 Å². The smallest absolute Gasteiger partial charge is 0.159 e. The summed E-state index contributed by atoms with van der Waals surface area (Å²) in [4.78, 5) is 11.4. The van der Waals surface area contributed by atoms with Gasteiger partial charge in [-0.05, 0) is 25.1 Å². The molecular formula is C16H14F2O3. The number of carbonyl (C=O) groups is 1. The zero-order valence-electron chi connectivity index (χ0n) is 11.7. The van der Waals surface area contributed by atoms with Crippen molar-refractivity contribution >= 4 is 5.78 Å². The summed E-state index contributed by atoms with van der Waals surface area (Å²) in [6.07, 6.45) is 0. The predicted molar refractivity (Wildman–Crippen MR) is 73.7 cm³/mol. The Hall–Kier alpha value is -2.43. The first-order valence-electron chi connectivity index (χ1n) is 6.26. The first-order chi connectivity index (χ1) is 9.99. The average molecular weight is 292 g/mol. The van der Waals surface area contributed by atoms with Gasteiger partial charge in [-0.25, -0.2) is 8.78 Å². The van der Waals surface area contributed by atoms with Crippen molar-refractivity contribution in [2.45, 2.75) is 13.5 Å². The number of ketones is 1. The number of ether oxygens (including phenoxy) is 2. The Morgan fingerprint density at radius 2 is 1.76 bits per heavy atom. The van der Waals surface area contributed by atoms with E-state index in [0.717, 1.165) is 18.2 Å². The molecule has 0 aliphatic carbocycles. The Bertz CT molecular complexity index is 648. The van der Waals surface area contributed by atoms with Crippen LogP contribution in [0.3, 0.4) is 0 Å². The summed E-state index contributed by atoms with van der Waals surface area (Å²) in [6.45, 7) is 1.49. The van der Waals surface area contributed by atoms with Crippen molar-refractivity contribution < 1.29 is 23.0 Å². The molecular weight excluding hydrogens is 278 g/mol. The monoisotopic (exact) mass is 292 g/mol. The van der Waals surface area contributed by atoms with Crippen LogP contribution in [0, 0.1) is 11.6 Å². The summed E-state index contributed by atoms with van der Waals surface area (Å²) in [5, 5.41) is 0. The van der Waals surface area contributed by atoms with Crippen LogP contribution in [0.25, 0.3) is 0 Å². The fourth-order valence-electron chi connectivity index (χ4n) is 1.88. The van der Waals surface area contributed by atoms with Gasteiger partial charge in [-0.2, -0.15) is 0 Å². The van der Waals surface area contributed by atoms with Crippen LogP contribution in [0.2, 0.25) is 0 Å². The average Bonchev–Trinajstić information content (AvgIpc) is 2.43. The first kappa shape index (κ1) is 15.0. The van der Waals surface area contributed by atoms with Crippen LogP contribution in [-0.2, 0) is 6.61 Å². The van der Waals surface area contributed by atoms with Gasteiger partial charge in [0, 0.05) is 29.3 Å². The fraction of sp³-hybridized carbons (Fsp3) is 0.188. The van der Waals surface area contributed by atoms with Gasteiger partial charge in [0.2, 0.25) is 0 Å². The van der Waals surface area contributed by atoms with Gasteiger partial charge in [-0.15, -0.1) is 0 Å². The summed E-state index contributed by atoms with van der Waals surface area (Å²) in [6, 6.07) is 7.88. The molecule has 110 valence electrons. The molecule has 0 bridgehead atoms. The Balaban J connectivity index is 2.21. The summed E-state index contributed by atoms with van der Waals surface area (Å²) < 4.78 is 36.7. The summed E-state index contributed by atoms with van der Waals surface area (Å²) in [5.74, 6) is -0.903. The van der Waals surface area contributed by atoms with E-state index in [2.05, 4.69) is 0 Å². The molecule has 0 radical (unpaired) electrons. The molecule has 0 fully saturated rings. The van der Waals surface area contributed by atoms with Crippen molar-refractivity contribution in [1.29, 1.82) is 0 Å². The second-order valence-corrected chi connectivity index (χ2v) is 4.48. The lowest BCUT2D eigenvalue weighted by Gasteiger charge is -2.11. The minimum Gasteiger partial charge on any atom is -0.496 e. The third-order valence-electron chi connectivity index (χ3n) is 2.92. The van der Waals surface area contributed by atoms with Crippen LogP contribution in [0.1, 0.15) is 22.8 Å². The third kappa shape index (κ3) is 3.78. The maximum absolute atomic E-state index is 13.1. The van der Waals surface area contributed by atoms with Crippen LogP contribution in [0.5, 0.6) is 11.5 Å². The normalized spacial score (nSPS) is 10.3. The lowest BCUT2D eigenvalue weighted by atomic mass is 10.1. The Labute approximate surface area is 121 Å². The largest absolute Gasteiger partial charge is 0.496 e. The fourth-order valence-corrected chi connectivity index (χ4v) is 1.88. The number of halogens is 2. The third-order valence-corrected chi connectivity index (χ3v) is 2.92. The number of rotatable bonds is 5. The van der Waals surface area contributed by atoms with E-state index in [1.165, 1.54) is 14.0 Å². The number of Topliss-reactive ketones (excluding diaryl/α,β-unsaturated/α-hetero) is 1. The van der Waals surface area contributed by atoms with Gasteiger partial charge in [0.05, 0.1) is 7.11 Å². The minimum atomic E-state index is -0.713. The molecule has 3 nitrogen and oxygen atoms in total. The van der Waals surface area contributed by atoms with Crippen LogP contribution in [0.4, 0.5) is 8.78 Å². The maximum Gasteiger partial charge on any atom is 0.159 e. The van der Waals surface area contributed by atoms with E-state index in [1.54, 1.807) is 18.2 Å². The van der Waals surface area contributed by atoms with E-state index in [4.69, 9.17) is 9.47 Å². The molecule has 0 unspecified atom stereocenters. The molecule has 0 saturated heterocycles. The highest BCUT2D eigenvalue weighted by Gasteiger charge is 2.09. The topological polar surface area (TPSA) is 35.5 Å². The molecule has 0 heterocycles. The lowest BCUT2D eigenvalue weighted by Crippen LogP contribution is -2.02. The Kier molecular flexibility index (Phi) is 4.52. The van der Waals surface area contributed by atoms with Gasteiger partial charge in [0.15, 0.2) is 5.78 Å². The van der Waals surface area contributed by atoms with Crippen LogP contribution in [-0.4, -0.2) is 12.9 Å². The van der Waals surface area contributed by atoms with Gasteiger partial charge in [0.25, 0.3) is 0 Å². The SMILES string of the molecule is COc1ccc(C(C)=O)cc1COc1cc(F)cc(F)c1. The number of carbonyl (C=O) groups excluding carboxylic acids is 1. The number of methoxy groups -OCH3 is 1. The van der Waals surface area contributed by atoms with Crippen LogP contribution >= 0.6 is 0 Å².